The predicted octanol–water partition coefficient (Wildman–Crippen LogP) is 3.38. The zero-order chi connectivity index (χ0) is 22.2. The molecule has 0 atom stereocenters. The number of nitrogens with one attached hydrogen (secondary N) is 1. The van der Waals surface area contributed by atoms with Gasteiger partial charge in [0.2, 0.25) is 0 Å². The summed E-state index contributed by atoms with van der Waals surface area (Å²) in [6.45, 7) is 0. The smallest absolute Gasteiger partial charge is 0.142 e. The lowest BCUT2D eigenvalue weighted by atomic mass is 10.1. The molecule has 2 aromatic heterocycles. The highest BCUT2D eigenvalue weighted by molar-refractivity contribution is 6.13. The quantitative estimate of drug-likeness (QED) is 0.508. The largest absolute Gasteiger partial charge is 0.495 e. The Morgan fingerprint density at radius 1 is 1.00 bits per heavy atom. The second-order valence-corrected chi connectivity index (χ2v) is 6.51. The van der Waals surface area contributed by atoms with E-state index in [1.165, 1.54) is 12.4 Å². The monoisotopic (exact) mass is 415 g/mol. The van der Waals surface area contributed by atoms with E-state index < -0.39 is 0 Å². The van der Waals surface area contributed by atoms with E-state index in [1.807, 2.05) is 30.3 Å². The molecule has 0 aliphatic carbocycles. The topological polar surface area (TPSA) is 124 Å². The van der Waals surface area contributed by atoms with E-state index >= 15 is 0 Å². The molecular weight excluding hydrogens is 390 g/mol. The Balaban J connectivity index is 2.02. The molecule has 3 aromatic rings. The fraction of sp³-hybridized carbons (Fsp3) is 0.130. The summed E-state index contributed by atoms with van der Waals surface area (Å²) in [7, 11) is 5.00. The molecule has 0 aliphatic heterocycles. The molecule has 2 heterocycles. The number of pyridine rings is 2. The van der Waals surface area contributed by atoms with Crippen molar-refractivity contribution in [3.63, 3.8) is 0 Å². The summed E-state index contributed by atoms with van der Waals surface area (Å²) in [5.74, 6) is 1.29. The van der Waals surface area contributed by atoms with Crippen LogP contribution in [-0.4, -0.2) is 43.6 Å². The van der Waals surface area contributed by atoms with Gasteiger partial charge in [0.25, 0.3) is 0 Å². The zero-order valence-electron chi connectivity index (χ0n) is 17.7. The number of hydrogen-bond donors (Lipinski definition) is 3. The molecule has 31 heavy (non-hydrogen) atoms. The number of methoxy groups -OCH3 is 1. The minimum atomic E-state index is 0.641. The first-order valence-corrected chi connectivity index (χ1v) is 9.53. The first kappa shape index (κ1) is 21.5. The van der Waals surface area contributed by atoms with Crippen molar-refractivity contribution in [2.75, 3.05) is 26.5 Å². The molecule has 8 heteroatoms. The molecular formula is C23H25N7O. The van der Waals surface area contributed by atoms with Crippen molar-refractivity contribution in [3.05, 3.63) is 66.4 Å². The van der Waals surface area contributed by atoms with Crippen LogP contribution in [0.2, 0.25) is 0 Å². The summed E-state index contributed by atoms with van der Waals surface area (Å²) in [6.07, 6.45) is 9.89. The van der Waals surface area contributed by atoms with Crippen molar-refractivity contribution in [1.29, 1.82) is 0 Å². The van der Waals surface area contributed by atoms with Crippen LogP contribution in [0.5, 0.6) is 5.75 Å². The lowest BCUT2D eigenvalue weighted by Crippen LogP contribution is -2.00. The predicted molar refractivity (Wildman–Crippen MR) is 129 cm³/mol. The number of nitrogens with zero attached hydrogens (tertiary/aromatic N) is 4. The molecule has 0 aliphatic rings. The van der Waals surface area contributed by atoms with Crippen LogP contribution in [0.25, 0.3) is 21.9 Å². The minimum absolute atomic E-state index is 0.641. The van der Waals surface area contributed by atoms with Crippen LogP contribution in [0, 0.1) is 0 Å². The first-order chi connectivity index (χ1) is 15.1. The lowest BCUT2D eigenvalue weighted by Gasteiger charge is -2.14. The van der Waals surface area contributed by atoms with Gasteiger partial charge in [0.15, 0.2) is 0 Å². The number of benzene rings is 1. The molecule has 158 valence electrons. The van der Waals surface area contributed by atoms with Gasteiger partial charge in [-0.05, 0) is 29.8 Å². The van der Waals surface area contributed by atoms with Gasteiger partial charge in [0, 0.05) is 73.2 Å². The first-order valence-electron chi connectivity index (χ1n) is 9.53. The average molecular weight is 416 g/mol. The van der Waals surface area contributed by atoms with Crippen molar-refractivity contribution in [2.45, 2.75) is 0 Å². The zero-order valence-corrected chi connectivity index (χ0v) is 17.7. The van der Waals surface area contributed by atoms with Crippen molar-refractivity contribution in [2.24, 2.45) is 21.5 Å². The Bertz CT molecular complexity index is 1200. The number of rotatable bonds is 7. The highest BCUT2D eigenvalue weighted by Gasteiger charge is 2.11. The Labute approximate surface area is 181 Å². The maximum atomic E-state index is 5.79. The van der Waals surface area contributed by atoms with Gasteiger partial charge in [-0.2, -0.15) is 0 Å². The number of hydrogen-bond acceptors (Lipinski definition) is 8. The number of nitrogens with two attached hydrogens (primary N) is 2. The number of aromatic nitrogens is 2. The van der Waals surface area contributed by atoms with Crippen LogP contribution in [0.3, 0.4) is 0 Å². The molecule has 0 saturated carbocycles. The van der Waals surface area contributed by atoms with Crippen LogP contribution < -0.4 is 21.5 Å². The van der Waals surface area contributed by atoms with Crippen molar-refractivity contribution in [1.82, 2.24) is 9.97 Å². The summed E-state index contributed by atoms with van der Waals surface area (Å²) in [4.78, 5) is 17.1. The van der Waals surface area contributed by atoms with Gasteiger partial charge in [-0.1, -0.05) is 6.07 Å². The van der Waals surface area contributed by atoms with Gasteiger partial charge in [-0.3, -0.25) is 15.0 Å². The van der Waals surface area contributed by atoms with Gasteiger partial charge >= 0.3 is 0 Å². The maximum absolute atomic E-state index is 5.79. The fourth-order valence-electron chi connectivity index (χ4n) is 3.15. The third kappa shape index (κ3) is 4.69. The maximum Gasteiger partial charge on any atom is 0.142 e. The van der Waals surface area contributed by atoms with Crippen LogP contribution in [0.15, 0.2) is 65.1 Å². The number of ether oxygens (including phenoxy) is 1. The number of allylic oxidation sites excluding steroid dienone is 2. The van der Waals surface area contributed by atoms with E-state index in [0.29, 0.717) is 11.6 Å². The molecule has 0 bridgehead atoms. The number of anilines is 2. The summed E-state index contributed by atoms with van der Waals surface area (Å²) < 4.78 is 5.57. The summed E-state index contributed by atoms with van der Waals surface area (Å²) >= 11 is 0. The normalized spacial score (nSPS) is 12.7. The van der Waals surface area contributed by atoms with E-state index in [2.05, 4.69) is 25.3 Å². The van der Waals surface area contributed by atoms with E-state index in [9.17, 15) is 0 Å². The Morgan fingerprint density at radius 3 is 2.42 bits per heavy atom. The van der Waals surface area contributed by atoms with Gasteiger partial charge in [-0.15, -0.1) is 0 Å². The summed E-state index contributed by atoms with van der Waals surface area (Å²) in [6, 6.07) is 9.56. The summed E-state index contributed by atoms with van der Waals surface area (Å²) in [5, 5.41) is 5.16. The highest BCUT2D eigenvalue weighted by Crippen LogP contribution is 2.31. The average Bonchev–Trinajstić information content (AvgIpc) is 2.81. The fourth-order valence-corrected chi connectivity index (χ4v) is 3.15. The molecule has 0 unspecified atom stereocenters. The third-order valence-corrected chi connectivity index (χ3v) is 4.61. The van der Waals surface area contributed by atoms with Crippen molar-refractivity contribution >= 4 is 45.9 Å². The Morgan fingerprint density at radius 2 is 1.74 bits per heavy atom. The van der Waals surface area contributed by atoms with Gasteiger partial charge in [0.1, 0.15) is 11.6 Å². The molecule has 3 rings (SSSR count). The minimum Gasteiger partial charge on any atom is -0.495 e. The van der Waals surface area contributed by atoms with Gasteiger partial charge in [0.05, 0.1) is 18.5 Å². The van der Waals surface area contributed by atoms with Crippen molar-refractivity contribution in [3.8, 4) is 5.75 Å². The molecule has 8 nitrogen and oxygen atoms in total. The Hall–Kier alpha value is -4.20. The van der Waals surface area contributed by atoms with E-state index in [4.69, 9.17) is 16.2 Å². The van der Waals surface area contributed by atoms with Crippen LogP contribution >= 0.6 is 0 Å². The molecule has 0 fully saturated rings. The van der Waals surface area contributed by atoms with E-state index in [-0.39, 0.29) is 0 Å². The van der Waals surface area contributed by atoms with Crippen LogP contribution in [0.1, 0.15) is 11.3 Å². The summed E-state index contributed by atoms with van der Waals surface area (Å²) in [5.41, 5.74) is 15.4. The molecule has 0 saturated heterocycles. The standard InChI is InChI=1S/C23H25N7O/c1-26-12-17(10-24)15-4-5-20(21(8-15)31-3)30-22-9-19-16(14-29-22)6-7-28-23(19)18(11-25)13-27-2/h4-14H,24-25H2,1-3H3,(H,29,30). The van der Waals surface area contributed by atoms with E-state index in [1.54, 1.807) is 46.0 Å². The molecule has 0 spiro atoms. The van der Waals surface area contributed by atoms with E-state index in [0.717, 1.165) is 38.9 Å². The highest BCUT2D eigenvalue weighted by atomic mass is 16.5. The Kier molecular flexibility index (Phi) is 6.95. The van der Waals surface area contributed by atoms with Gasteiger partial charge < -0.3 is 21.5 Å². The van der Waals surface area contributed by atoms with Crippen molar-refractivity contribution < 1.29 is 4.74 Å². The van der Waals surface area contributed by atoms with Crippen LogP contribution in [-0.2, 0) is 0 Å². The van der Waals surface area contributed by atoms with Crippen LogP contribution in [0.4, 0.5) is 11.5 Å². The molecule has 1 aromatic carbocycles. The number of fused-ring (bicyclic) bond motifs is 1. The molecule has 5 N–H and O–H groups in total. The van der Waals surface area contributed by atoms with Gasteiger partial charge in [-0.25, -0.2) is 4.98 Å². The second-order valence-electron chi connectivity index (χ2n) is 6.51. The SMILES string of the molecule is CN=CC(=CN)c1ccc(Nc2cc3c(C(C=NC)=CN)nccc3cn2)c(OC)c1. The molecule has 0 amide bonds. The lowest BCUT2D eigenvalue weighted by molar-refractivity contribution is 0.416. The number of aliphatic imine (C=N–C) groups is 2. The second kappa shape index (κ2) is 10.0. The molecule has 0 radical (unpaired) electrons. The third-order valence-electron chi connectivity index (χ3n) is 4.61.